The van der Waals surface area contributed by atoms with Crippen molar-refractivity contribution >= 4 is 0 Å². The van der Waals surface area contributed by atoms with E-state index in [0.29, 0.717) is 0 Å². The van der Waals surface area contributed by atoms with Gasteiger partial charge in [-0.05, 0) is 61.2 Å². The lowest BCUT2D eigenvalue weighted by molar-refractivity contribution is 0.181. The second kappa shape index (κ2) is 4.35. The molecule has 6 unspecified atom stereocenters. The van der Waals surface area contributed by atoms with Crippen LogP contribution >= 0.6 is 0 Å². The summed E-state index contributed by atoms with van der Waals surface area (Å²) in [5, 5.41) is 0. The van der Waals surface area contributed by atoms with E-state index >= 15 is 0 Å². The zero-order chi connectivity index (χ0) is 11.1. The van der Waals surface area contributed by atoms with E-state index in [0.717, 1.165) is 23.7 Å². The molecule has 0 heterocycles. The molecule has 92 valence electrons. The van der Waals surface area contributed by atoms with Crippen LogP contribution in [-0.2, 0) is 0 Å². The van der Waals surface area contributed by atoms with E-state index in [1.165, 1.54) is 31.1 Å². The first kappa shape index (κ1) is 11.1. The van der Waals surface area contributed by atoms with Gasteiger partial charge in [0.2, 0.25) is 0 Å². The molecule has 0 aromatic heterocycles. The topological polar surface area (TPSA) is 0 Å². The molecule has 0 nitrogen and oxygen atoms in total. The van der Waals surface area contributed by atoms with Crippen LogP contribution in [0.3, 0.4) is 0 Å². The van der Waals surface area contributed by atoms with Crippen LogP contribution in [-0.4, -0.2) is 0 Å². The molecule has 0 aromatic carbocycles. The third kappa shape index (κ3) is 1.56. The average molecular weight is 220 g/mol. The number of hydrogen-bond donors (Lipinski definition) is 0. The first-order chi connectivity index (χ1) is 7.85. The smallest absolute Gasteiger partial charge is 0.0323 e. The molecule has 3 saturated carbocycles. The van der Waals surface area contributed by atoms with Crippen LogP contribution in [0, 0.1) is 35.5 Å². The van der Waals surface area contributed by atoms with E-state index in [1.807, 2.05) is 0 Å². The zero-order valence-electron chi connectivity index (χ0n) is 11.1. The summed E-state index contributed by atoms with van der Waals surface area (Å²) in [7, 11) is 0. The van der Waals surface area contributed by atoms with E-state index in [1.54, 1.807) is 32.1 Å². The van der Waals surface area contributed by atoms with Gasteiger partial charge in [-0.25, -0.2) is 0 Å². The van der Waals surface area contributed by atoms with Crippen molar-refractivity contribution in [1.29, 1.82) is 0 Å². The van der Waals surface area contributed by atoms with Gasteiger partial charge in [-0.1, -0.05) is 39.5 Å². The monoisotopic (exact) mass is 220 g/mol. The molecule has 3 aliphatic rings. The standard InChI is InChI=1S/C16H28/c1-3-5-6-12-9-11(4-2)15-13-7-8-14(10-13)16(12)15/h11-16H,3-10H2,1-2H3. The highest BCUT2D eigenvalue weighted by molar-refractivity contribution is 5.05. The van der Waals surface area contributed by atoms with E-state index in [2.05, 4.69) is 13.8 Å². The Morgan fingerprint density at radius 2 is 1.56 bits per heavy atom. The normalized spacial score (nSPS) is 49.9. The predicted molar refractivity (Wildman–Crippen MR) is 69.2 cm³/mol. The molecule has 3 rings (SSSR count). The Morgan fingerprint density at radius 1 is 0.875 bits per heavy atom. The van der Waals surface area contributed by atoms with Crippen molar-refractivity contribution < 1.29 is 0 Å². The van der Waals surface area contributed by atoms with Gasteiger partial charge >= 0.3 is 0 Å². The van der Waals surface area contributed by atoms with E-state index in [4.69, 9.17) is 0 Å². The highest BCUT2D eigenvalue weighted by Gasteiger charge is 2.56. The Balaban J connectivity index is 1.73. The summed E-state index contributed by atoms with van der Waals surface area (Å²) in [6.07, 6.45) is 12.3. The van der Waals surface area contributed by atoms with Gasteiger partial charge in [0.15, 0.2) is 0 Å². The minimum absolute atomic E-state index is 1.11. The highest BCUT2D eigenvalue weighted by Crippen LogP contribution is 2.63. The van der Waals surface area contributed by atoms with Crippen molar-refractivity contribution in [3.05, 3.63) is 0 Å². The van der Waals surface area contributed by atoms with E-state index in [-0.39, 0.29) is 0 Å². The van der Waals surface area contributed by atoms with E-state index < -0.39 is 0 Å². The Hall–Kier alpha value is 0. The van der Waals surface area contributed by atoms with Gasteiger partial charge in [-0.15, -0.1) is 0 Å². The molecule has 0 amide bonds. The summed E-state index contributed by atoms with van der Waals surface area (Å²) in [4.78, 5) is 0. The largest absolute Gasteiger partial charge is 0.0654 e. The van der Waals surface area contributed by atoms with Crippen LogP contribution in [0.15, 0.2) is 0 Å². The van der Waals surface area contributed by atoms with Crippen LogP contribution in [0.5, 0.6) is 0 Å². The lowest BCUT2D eigenvalue weighted by Gasteiger charge is -2.30. The molecule has 0 radical (unpaired) electrons. The lowest BCUT2D eigenvalue weighted by Crippen LogP contribution is -2.24. The molecule has 16 heavy (non-hydrogen) atoms. The second-order valence-corrected chi connectivity index (χ2v) is 6.79. The average Bonchev–Trinajstić information content (AvgIpc) is 2.97. The molecular formula is C16H28. The minimum atomic E-state index is 1.11. The molecule has 0 spiro atoms. The fraction of sp³-hybridized carbons (Fsp3) is 1.00. The van der Waals surface area contributed by atoms with Crippen LogP contribution in [0.2, 0.25) is 0 Å². The summed E-state index contributed by atoms with van der Waals surface area (Å²) in [5.74, 6) is 6.91. The summed E-state index contributed by atoms with van der Waals surface area (Å²) < 4.78 is 0. The van der Waals surface area contributed by atoms with Gasteiger partial charge in [0, 0.05) is 0 Å². The molecular weight excluding hydrogens is 192 g/mol. The van der Waals surface area contributed by atoms with Crippen LogP contribution < -0.4 is 0 Å². The lowest BCUT2D eigenvalue weighted by atomic mass is 9.75. The second-order valence-electron chi connectivity index (χ2n) is 6.79. The predicted octanol–water partition coefficient (Wildman–Crippen LogP) is 4.89. The summed E-state index contributed by atoms with van der Waals surface area (Å²) in [6, 6.07) is 0. The Morgan fingerprint density at radius 3 is 2.19 bits per heavy atom. The molecule has 0 aromatic rings. The Labute approximate surface area is 101 Å². The third-order valence-electron chi connectivity index (χ3n) is 6.19. The molecule has 0 N–H and O–H groups in total. The first-order valence-corrected chi connectivity index (χ1v) is 7.85. The van der Waals surface area contributed by atoms with Crippen LogP contribution in [0.1, 0.15) is 65.2 Å². The Kier molecular flexibility index (Phi) is 3.02. The van der Waals surface area contributed by atoms with Gasteiger partial charge < -0.3 is 0 Å². The number of rotatable bonds is 4. The number of hydrogen-bond acceptors (Lipinski definition) is 0. The highest BCUT2D eigenvalue weighted by atomic mass is 14.6. The zero-order valence-corrected chi connectivity index (χ0v) is 11.1. The molecule has 0 heteroatoms. The molecule has 0 saturated heterocycles. The van der Waals surface area contributed by atoms with Gasteiger partial charge in [0.05, 0.1) is 0 Å². The maximum atomic E-state index is 2.44. The van der Waals surface area contributed by atoms with Crippen molar-refractivity contribution in [2.75, 3.05) is 0 Å². The van der Waals surface area contributed by atoms with Gasteiger partial charge in [-0.2, -0.15) is 0 Å². The quantitative estimate of drug-likeness (QED) is 0.633. The first-order valence-electron chi connectivity index (χ1n) is 7.85. The number of fused-ring (bicyclic) bond motifs is 5. The maximum Gasteiger partial charge on any atom is -0.0323 e. The molecule has 2 bridgehead atoms. The van der Waals surface area contributed by atoms with Gasteiger partial charge in [-0.3, -0.25) is 0 Å². The molecule has 6 atom stereocenters. The van der Waals surface area contributed by atoms with Crippen molar-refractivity contribution in [2.45, 2.75) is 65.2 Å². The molecule has 3 aliphatic carbocycles. The summed E-state index contributed by atoms with van der Waals surface area (Å²) in [5.41, 5.74) is 0. The SMILES string of the molecule is CCCCC1CC(CC)C2C3CCC(C3)C12. The van der Waals surface area contributed by atoms with Crippen molar-refractivity contribution in [2.24, 2.45) is 35.5 Å². The summed E-state index contributed by atoms with van der Waals surface area (Å²) >= 11 is 0. The van der Waals surface area contributed by atoms with Crippen molar-refractivity contribution in [1.82, 2.24) is 0 Å². The van der Waals surface area contributed by atoms with Gasteiger partial charge in [0.25, 0.3) is 0 Å². The fourth-order valence-electron chi connectivity index (χ4n) is 5.70. The van der Waals surface area contributed by atoms with Crippen molar-refractivity contribution in [3.63, 3.8) is 0 Å². The number of unbranched alkanes of at least 4 members (excludes halogenated alkanes) is 1. The fourth-order valence-corrected chi connectivity index (χ4v) is 5.70. The van der Waals surface area contributed by atoms with Gasteiger partial charge in [0.1, 0.15) is 0 Å². The molecule has 0 aliphatic heterocycles. The van der Waals surface area contributed by atoms with E-state index in [9.17, 15) is 0 Å². The van der Waals surface area contributed by atoms with Crippen LogP contribution in [0.4, 0.5) is 0 Å². The third-order valence-corrected chi connectivity index (χ3v) is 6.19. The summed E-state index contributed by atoms with van der Waals surface area (Å²) in [6.45, 7) is 4.79. The Bertz CT molecular complexity index is 244. The minimum Gasteiger partial charge on any atom is -0.0654 e. The van der Waals surface area contributed by atoms with Crippen molar-refractivity contribution in [3.8, 4) is 0 Å². The van der Waals surface area contributed by atoms with Crippen LogP contribution in [0.25, 0.3) is 0 Å². The maximum absolute atomic E-state index is 2.44. The molecule has 3 fully saturated rings.